The third-order valence-corrected chi connectivity index (χ3v) is 6.01. The summed E-state index contributed by atoms with van der Waals surface area (Å²) in [6.45, 7) is 0. The van der Waals surface area contributed by atoms with Crippen LogP contribution >= 0.6 is 34.3 Å². The first-order valence-corrected chi connectivity index (χ1v) is 10.4. The molecule has 0 saturated heterocycles. The number of carbonyl (C=O) groups is 2. The van der Waals surface area contributed by atoms with E-state index >= 15 is 0 Å². The van der Waals surface area contributed by atoms with Crippen LogP contribution in [0, 0.1) is 0 Å². The molecule has 138 valence electrons. The van der Waals surface area contributed by atoms with Crippen molar-refractivity contribution in [1.82, 2.24) is 4.98 Å². The van der Waals surface area contributed by atoms with E-state index in [0.717, 1.165) is 10.6 Å². The summed E-state index contributed by atoms with van der Waals surface area (Å²) < 4.78 is 0.693. The third kappa shape index (κ3) is 4.04. The van der Waals surface area contributed by atoms with Crippen LogP contribution in [0.1, 0.15) is 26.3 Å². The first-order chi connectivity index (χ1) is 13.6. The quantitative estimate of drug-likeness (QED) is 0.399. The predicted octanol–water partition coefficient (Wildman–Crippen LogP) is 6.01. The first kappa shape index (κ1) is 18.6. The van der Waals surface area contributed by atoms with E-state index in [0.29, 0.717) is 26.2 Å². The normalized spacial score (nSPS) is 10.6. The summed E-state index contributed by atoms with van der Waals surface area (Å²) in [4.78, 5) is 30.3. The molecule has 0 aliphatic rings. The minimum atomic E-state index is -0.274. The molecule has 1 amide bonds. The van der Waals surface area contributed by atoms with Crippen LogP contribution < -0.4 is 5.32 Å². The van der Waals surface area contributed by atoms with Crippen LogP contribution in [0.25, 0.3) is 10.6 Å². The summed E-state index contributed by atoms with van der Waals surface area (Å²) >= 11 is 8.74. The Morgan fingerprint density at radius 2 is 1.54 bits per heavy atom. The van der Waals surface area contributed by atoms with Crippen LogP contribution in [0.2, 0.25) is 4.34 Å². The maximum absolute atomic E-state index is 12.5. The molecule has 28 heavy (non-hydrogen) atoms. The van der Waals surface area contributed by atoms with Gasteiger partial charge in [0.2, 0.25) is 0 Å². The van der Waals surface area contributed by atoms with Crippen molar-refractivity contribution in [3.8, 4) is 10.6 Å². The van der Waals surface area contributed by atoms with Crippen LogP contribution in [0.15, 0.2) is 72.1 Å². The molecule has 0 saturated carbocycles. The zero-order valence-corrected chi connectivity index (χ0v) is 16.8. The highest BCUT2D eigenvalue weighted by Gasteiger charge is 2.13. The lowest BCUT2D eigenvalue weighted by atomic mass is 10.0. The van der Waals surface area contributed by atoms with Crippen LogP contribution in [0.3, 0.4) is 0 Å². The Morgan fingerprint density at radius 3 is 2.21 bits per heavy atom. The summed E-state index contributed by atoms with van der Waals surface area (Å²) in [7, 11) is 0. The molecule has 0 bridgehead atoms. The van der Waals surface area contributed by atoms with E-state index < -0.39 is 0 Å². The smallest absolute Gasteiger partial charge is 0.257 e. The molecule has 0 aliphatic carbocycles. The van der Waals surface area contributed by atoms with Gasteiger partial charge in [-0.25, -0.2) is 4.98 Å². The summed E-state index contributed by atoms with van der Waals surface area (Å²) in [6.07, 6.45) is 0. The fourth-order valence-corrected chi connectivity index (χ4v) is 4.38. The largest absolute Gasteiger partial charge is 0.298 e. The second-order valence-electron chi connectivity index (χ2n) is 5.87. The number of nitrogens with zero attached hydrogens (tertiary/aromatic N) is 1. The highest BCUT2D eigenvalue weighted by molar-refractivity contribution is 7.20. The molecule has 2 heterocycles. The number of aromatic nitrogens is 1. The molecule has 1 N–H and O–H groups in total. The number of halogens is 1. The van der Waals surface area contributed by atoms with Gasteiger partial charge >= 0.3 is 0 Å². The molecule has 0 spiro atoms. The van der Waals surface area contributed by atoms with Gasteiger partial charge in [0, 0.05) is 22.1 Å². The Morgan fingerprint density at radius 1 is 0.857 bits per heavy atom. The van der Waals surface area contributed by atoms with E-state index in [4.69, 9.17) is 11.6 Å². The Bertz CT molecular complexity index is 1130. The van der Waals surface area contributed by atoms with Gasteiger partial charge in [0.1, 0.15) is 0 Å². The van der Waals surface area contributed by atoms with Gasteiger partial charge in [-0.2, -0.15) is 0 Å². The molecule has 0 aliphatic heterocycles. The summed E-state index contributed by atoms with van der Waals surface area (Å²) in [5.74, 6) is -0.351. The van der Waals surface area contributed by atoms with Crippen molar-refractivity contribution in [2.45, 2.75) is 0 Å². The summed E-state index contributed by atoms with van der Waals surface area (Å²) in [5.41, 5.74) is 2.39. The minimum absolute atomic E-state index is 0.0771. The Kier molecular flexibility index (Phi) is 5.34. The van der Waals surface area contributed by atoms with Gasteiger partial charge in [-0.05, 0) is 24.3 Å². The standard InChI is InChI=1S/C21H13ClN2O2S2/c22-18-11-10-17(28-18)16-12-27-21(23-16)24-20(26)15-8-6-14(7-9-15)19(25)13-4-2-1-3-5-13/h1-12H,(H,23,24,26). The number of hydrogen-bond donors (Lipinski definition) is 1. The summed E-state index contributed by atoms with van der Waals surface area (Å²) in [5, 5.41) is 5.17. The number of hydrogen-bond acceptors (Lipinski definition) is 5. The van der Waals surface area contributed by atoms with Crippen LogP contribution in [-0.4, -0.2) is 16.7 Å². The molecule has 7 heteroatoms. The molecule has 2 aromatic heterocycles. The number of ketones is 1. The van der Waals surface area contributed by atoms with E-state index in [9.17, 15) is 9.59 Å². The predicted molar refractivity (Wildman–Crippen MR) is 115 cm³/mol. The van der Waals surface area contributed by atoms with Crippen molar-refractivity contribution >= 4 is 51.1 Å². The molecule has 0 radical (unpaired) electrons. The van der Waals surface area contributed by atoms with Crippen molar-refractivity contribution in [3.63, 3.8) is 0 Å². The van der Waals surface area contributed by atoms with Gasteiger partial charge in [-0.3, -0.25) is 14.9 Å². The minimum Gasteiger partial charge on any atom is -0.298 e. The molecule has 4 aromatic rings. The molecule has 0 unspecified atom stereocenters. The van der Waals surface area contributed by atoms with E-state index in [1.165, 1.54) is 22.7 Å². The molecular formula is C21H13ClN2O2S2. The van der Waals surface area contributed by atoms with Gasteiger partial charge in [0.15, 0.2) is 10.9 Å². The Labute approximate surface area is 174 Å². The molecule has 0 atom stereocenters. The molecule has 4 rings (SSSR count). The Hall–Kier alpha value is -2.80. The van der Waals surface area contributed by atoms with E-state index in [-0.39, 0.29) is 11.7 Å². The lowest BCUT2D eigenvalue weighted by Gasteiger charge is -2.04. The van der Waals surface area contributed by atoms with E-state index in [1.54, 1.807) is 36.4 Å². The van der Waals surface area contributed by atoms with Crippen molar-refractivity contribution in [2.75, 3.05) is 5.32 Å². The van der Waals surface area contributed by atoms with Crippen molar-refractivity contribution < 1.29 is 9.59 Å². The fraction of sp³-hybridized carbons (Fsp3) is 0. The number of benzene rings is 2. The monoisotopic (exact) mass is 424 g/mol. The second kappa shape index (κ2) is 8.06. The maximum atomic E-state index is 12.5. The van der Waals surface area contributed by atoms with Crippen LogP contribution in [0.5, 0.6) is 0 Å². The van der Waals surface area contributed by atoms with Gasteiger partial charge < -0.3 is 0 Å². The lowest BCUT2D eigenvalue weighted by molar-refractivity contribution is 0.102. The summed E-state index contributed by atoms with van der Waals surface area (Å²) in [6, 6.07) is 19.3. The number of anilines is 1. The number of nitrogens with one attached hydrogen (secondary N) is 1. The highest BCUT2D eigenvalue weighted by Crippen LogP contribution is 2.32. The van der Waals surface area contributed by atoms with Crippen LogP contribution in [0.4, 0.5) is 5.13 Å². The van der Waals surface area contributed by atoms with E-state index in [2.05, 4.69) is 10.3 Å². The van der Waals surface area contributed by atoms with Gasteiger partial charge in [-0.15, -0.1) is 22.7 Å². The highest BCUT2D eigenvalue weighted by atomic mass is 35.5. The average molecular weight is 425 g/mol. The maximum Gasteiger partial charge on any atom is 0.257 e. The number of carbonyl (C=O) groups excluding carboxylic acids is 2. The van der Waals surface area contributed by atoms with Gasteiger partial charge in [-0.1, -0.05) is 54.1 Å². The van der Waals surface area contributed by atoms with Crippen molar-refractivity contribution in [3.05, 3.63) is 93.1 Å². The number of rotatable bonds is 5. The molecular weight excluding hydrogens is 412 g/mol. The van der Waals surface area contributed by atoms with Gasteiger partial charge in [0.25, 0.3) is 5.91 Å². The number of thiophene rings is 1. The lowest BCUT2D eigenvalue weighted by Crippen LogP contribution is -2.12. The van der Waals surface area contributed by atoms with E-state index in [1.807, 2.05) is 35.7 Å². The first-order valence-electron chi connectivity index (χ1n) is 8.32. The third-order valence-electron chi connectivity index (χ3n) is 4.00. The van der Waals surface area contributed by atoms with Crippen LogP contribution in [-0.2, 0) is 0 Å². The second-order valence-corrected chi connectivity index (χ2v) is 8.44. The molecule has 0 fully saturated rings. The topological polar surface area (TPSA) is 59.1 Å². The SMILES string of the molecule is O=C(Nc1nc(-c2ccc(Cl)s2)cs1)c1ccc(C(=O)c2ccccc2)cc1. The number of amides is 1. The number of thiazole rings is 1. The van der Waals surface area contributed by atoms with Crippen molar-refractivity contribution in [2.24, 2.45) is 0 Å². The molecule has 4 nitrogen and oxygen atoms in total. The fourth-order valence-electron chi connectivity index (χ4n) is 2.59. The average Bonchev–Trinajstić information content (AvgIpc) is 3.37. The van der Waals surface area contributed by atoms with Crippen molar-refractivity contribution in [1.29, 1.82) is 0 Å². The zero-order chi connectivity index (χ0) is 19.5. The molecule has 2 aromatic carbocycles. The zero-order valence-electron chi connectivity index (χ0n) is 14.4. The Balaban J connectivity index is 1.45. The van der Waals surface area contributed by atoms with Gasteiger partial charge in [0.05, 0.1) is 14.9 Å².